The molecule has 4 rings (SSSR count). The molecule has 7 heteroatoms. The van der Waals surface area contributed by atoms with E-state index >= 15 is 0 Å². The topological polar surface area (TPSA) is 108 Å². The molecule has 32 heavy (non-hydrogen) atoms. The van der Waals surface area contributed by atoms with E-state index in [0.29, 0.717) is 31.4 Å². The highest BCUT2D eigenvalue weighted by Crippen LogP contribution is 2.33. The molecule has 1 saturated carbocycles. The summed E-state index contributed by atoms with van der Waals surface area (Å²) in [7, 11) is 0. The molecule has 0 spiro atoms. The van der Waals surface area contributed by atoms with Gasteiger partial charge in [0, 0.05) is 24.4 Å². The maximum absolute atomic E-state index is 13.8. The summed E-state index contributed by atoms with van der Waals surface area (Å²) < 4.78 is 0. The lowest BCUT2D eigenvalue weighted by Gasteiger charge is -2.36. The van der Waals surface area contributed by atoms with Crippen molar-refractivity contribution < 1.29 is 19.6 Å². The number of hydrazine groups is 1. The zero-order valence-electron chi connectivity index (χ0n) is 19.3. The van der Waals surface area contributed by atoms with E-state index in [2.05, 4.69) is 10.7 Å². The number of rotatable bonds is 6. The molecule has 2 bridgehead atoms. The Bertz CT molecular complexity index is 802. The first-order valence-electron chi connectivity index (χ1n) is 12.0. The van der Waals surface area contributed by atoms with Crippen molar-refractivity contribution in [3.63, 3.8) is 0 Å². The summed E-state index contributed by atoms with van der Waals surface area (Å²) in [4.78, 5) is 40.6. The van der Waals surface area contributed by atoms with Crippen molar-refractivity contribution in [1.82, 2.24) is 16.3 Å². The van der Waals surface area contributed by atoms with Crippen molar-refractivity contribution in [2.45, 2.75) is 77.2 Å². The Morgan fingerprint density at radius 3 is 2.41 bits per heavy atom. The van der Waals surface area contributed by atoms with Gasteiger partial charge in [-0.15, -0.1) is 5.59 Å². The van der Waals surface area contributed by atoms with E-state index in [1.165, 1.54) is 0 Å². The van der Waals surface area contributed by atoms with Crippen LogP contribution in [0.2, 0.25) is 0 Å². The molecule has 176 valence electrons. The molecule has 4 N–H and O–H groups in total. The predicted octanol–water partition coefficient (Wildman–Crippen LogP) is 3.36. The smallest absolute Gasteiger partial charge is 0.249 e. The summed E-state index contributed by atoms with van der Waals surface area (Å²) in [6.45, 7) is 4.42. The minimum atomic E-state index is -1.62. The number of fused-ring (bicyclic) bond motifs is 10. The van der Waals surface area contributed by atoms with E-state index in [1.54, 1.807) is 0 Å². The lowest BCUT2D eigenvalue weighted by Crippen LogP contribution is -2.66. The van der Waals surface area contributed by atoms with Crippen LogP contribution in [0.1, 0.15) is 81.1 Å². The molecular formula is C25H37N3O4. The lowest BCUT2D eigenvalue weighted by atomic mass is 9.74. The molecule has 0 radical (unpaired) electrons. The Balaban J connectivity index is 1.98. The highest BCUT2D eigenvalue weighted by molar-refractivity contribution is 6.12. The van der Waals surface area contributed by atoms with Gasteiger partial charge in [-0.3, -0.25) is 14.4 Å². The molecule has 2 heterocycles. The van der Waals surface area contributed by atoms with Gasteiger partial charge in [0.2, 0.25) is 5.91 Å². The molecule has 2 aliphatic heterocycles. The second-order valence-corrected chi connectivity index (χ2v) is 9.87. The van der Waals surface area contributed by atoms with Crippen molar-refractivity contribution in [3.8, 4) is 0 Å². The van der Waals surface area contributed by atoms with Gasteiger partial charge in [-0.25, -0.2) is 5.43 Å². The number of carbonyl (C=O) groups excluding carboxylic acids is 3. The van der Waals surface area contributed by atoms with Gasteiger partial charge in [0.1, 0.15) is 0 Å². The summed E-state index contributed by atoms with van der Waals surface area (Å²) in [5, 5.41) is 12.5. The van der Waals surface area contributed by atoms with Gasteiger partial charge in [-0.2, -0.15) is 0 Å². The Morgan fingerprint density at radius 1 is 1.09 bits per heavy atom. The van der Waals surface area contributed by atoms with Crippen LogP contribution in [0.25, 0.3) is 0 Å². The molecule has 1 fully saturated rings. The van der Waals surface area contributed by atoms with Crippen molar-refractivity contribution in [1.29, 1.82) is 0 Å². The fraction of sp³-hybridized carbons (Fsp3) is 0.640. The number of benzene rings is 1. The first-order valence-corrected chi connectivity index (χ1v) is 12.0. The van der Waals surface area contributed by atoms with E-state index in [-0.39, 0.29) is 29.8 Å². The Morgan fingerprint density at radius 2 is 1.78 bits per heavy atom. The van der Waals surface area contributed by atoms with Gasteiger partial charge in [0.25, 0.3) is 0 Å². The van der Waals surface area contributed by atoms with Crippen LogP contribution in [-0.2, 0) is 16.0 Å². The van der Waals surface area contributed by atoms with Gasteiger partial charge >= 0.3 is 0 Å². The maximum Gasteiger partial charge on any atom is 0.249 e. The summed E-state index contributed by atoms with van der Waals surface area (Å²) in [5.74, 6) is -0.957. The monoisotopic (exact) mass is 443 g/mol. The molecule has 1 aliphatic carbocycles. The van der Waals surface area contributed by atoms with Crippen molar-refractivity contribution in [3.05, 3.63) is 35.4 Å². The fourth-order valence-corrected chi connectivity index (χ4v) is 5.22. The third-order valence-corrected chi connectivity index (χ3v) is 6.95. The van der Waals surface area contributed by atoms with Crippen LogP contribution in [0, 0.1) is 17.8 Å². The number of amides is 1. The Kier molecular flexibility index (Phi) is 8.57. The van der Waals surface area contributed by atoms with Crippen LogP contribution in [0.5, 0.6) is 0 Å². The molecule has 1 amide bonds. The van der Waals surface area contributed by atoms with Crippen molar-refractivity contribution in [2.75, 3.05) is 6.54 Å². The Hall–Kier alpha value is -2.09. The highest BCUT2D eigenvalue weighted by Gasteiger charge is 2.48. The van der Waals surface area contributed by atoms with Crippen LogP contribution in [0.4, 0.5) is 0 Å². The van der Waals surface area contributed by atoms with Crippen LogP contribution in [0.15, 0.2) is 24.3 Å². The van der Waals surface area contributed by atoms with E-state index in [1.807, 2.05) is 43.7 Å². The van der Waals surface area contributed by atoms with E-state index in [0.717, 1.165) is 37.7 Å². The minimum Gasteiger partial charge on any atom is -0.354 e. The number of nitrogens with one attached hydrogen (secondary N) is 3. The second-order valence-electron chi connectivity index (χ2n) is 9.87. The largest absolute Gasteiger partial charge is 0.354 e. The summed E-state index contributed by atoms with van der Waals surface area (Å²) in [5.41, 5.74) is 4.52. The molecule has 3 aliphatic rings. The first-order chi connectivity index (χ1) is 15.4. The molecule has 0 aromatic heterocycles. The normalized spacial score (nSPS) is 25.9. The van der Waals surface area contributed by atoms with E-state index in [9.17, 15) is 19.6 Å². The standard InChI is InChI=1S/C25H37N3O4/c1-17(2)14-21-15-22(29)25(27-28-32,16-19-6-4-3-5-7-19)24(31)26-13-12-18-8-10-20(11-9-18)23(21)30/h8-11,17,19,21,27-28,32H,3-7,12-16H2,1-2H3,(H,26,31)/t21-,25?/m1/s1. The number of carbonyl (C=O) groups is 3. The second kappa shape index (κ2) is 11.2. The summed E-state index contributed by atoms with van der Waals surface area (Å²) in [6.07, 6.45) is 6.62. The minimum absolute atomic E-state index is 0.0480. The fourth-order valence-electron chi connectivity index (χ4n) is 5.22. The SMILES string of the molecule is CC(C)C[C@@H]1CC(=O)C(CC2CCCCC2)(NNO)C(=O)NCCc2ccc(cc2)C1=O. The van der Waals surface area contributed by atoms with Crippen LogP contribution >= 0.6 is 0 Å². The third kappa shape index (κ3) is 5.82. The molecule has 1 unspecified atom stereocenters. The zero-order valence-corrected chi connectivity index (χ0v) is 19.3. The molecule has 7 nitrogen and oxygen atoms in total. The first kappa shape index (κ1) is 24.6. The van der Waals surface area contributed by atoms with Gasteiger partial charge in [-0.1, -0.05) is 70.2 Å². The molecule has 1 aromatic rings. The third-order valence-electron chi connectivity index (χ3n) is 6.95. The lowest BCUT2D eigenvalue weighted by molar-refractivity contribution is -0.142. The summed E-state index contributed by atoms with van der Waals surface area (Å²) >= 11 is 0. The van der Waals surface area contributed by atoms with Gasteiger partial charge < -0.3 is 10.5 Å². The van der Waals surface area contributed by atoms with Gasteiger partial charge in [0.15, 0.2) is 17.1 Å². The molecule has 2 atom stereocenters. The zero-order chi connectivity index (χ0) is 23.1. The number of ketones is 2. The Labute approximate surface area is 190 Å². The summed E-state index contributed by atoms with van der Waals surface area (Å²) in [6, 6.07) is 7.46. The number of hydrogen-bond donors (Lipinski definition) is 4. The number of hydrogen-bond acceptors (Lipinski definition) is 6. The average Bonchev–Trinajstić information content (AvgIpc) is 2.78. The molecule has 1 aromatic carbocycles. The van der Waals surface area contributed by atoms with Crippen molar-refractivity contribution >= 4 is 17.5 Å². The van der Waals surface area contributed by atoms with Gasteiger partial charge in [-0.05, 0) is 36.7 Å². The van der Waals surface area contributed by atoms with Crippen LogP contribution in [-0.4, -0.2) is 34.8 Å². The number of Topliss-reactive ketones (excluding diaryl/α,β-unsaturated/α-hetero) is 2. The average molecular weight is 444 g/mol. The highest BCUT2D eigenvalue weighted by atomic mass is 16.5. The maximum atomic E-state index is 13.8. The quantitative estimate of drug-likeness (QED) is 0.397. The van der Waals surface area contributed by atoms with Crippen molar-refractivity contribution in [2.24, 2.45) is 17.8 Å². The molecular weight excluding hydrogens is 406 g/mol. The van der Waals surface area contributed by atoms with E-state index < -0.39 is 17.4 Å². The van der Waals surface area contributed by atoms with Crippen LogP contribution < -0.4 is 16.3 Å². The predicted molar refractivity (Wildman–Crippen MR) is 122 cm³/mol. The van der Waals surface area contributed by atoms with Gasteiger partial charge in [0.05, 0.1) is 0 Å². The molecule has 0 saturated heterocycles. The van der Waals surface area contributed by atoms with E-state index in [4.69, 9.17) is 0 Å². The van der Waals surface area contributed by atoms with Crippen LogP contribution in [0.3, 0.4) is 0 Å².